The number of hydrogen-bond donors (Lipinski definition) is 0. The Hall–Kier alpha value is -2.05. The van der Waals surface area contributed by atoms with Gasteiger partial charge in [0, 0.05) is 6.54 Å². The second kappa shape index (κ2) is 5.98. The van der Waals surface area contributed by atoms with Gasteiger partial charge in [0.05, 0.1) is 25.4 Å². The van der Waals surface area contributed by atoms with E-state index < -0.39 is 5.60 Å². The van der Waals surface area contributed by atoms with E-state index in [-0.39, 0.29) is 18.1 Å². The first kappa shape index (κ1) is 16.3. The van der Waals surface area contributed by atoms with Crippen LogP contribution in [0.3, 0.4) is 0 Å². The fourth-order valence-corrected chi connectivity index (χ4v) is 2.47. The molecular formula is C15H23N3O4. The third kappa shape index (κ3) is 3.40. The highest BCUT2D eigenvalue weighted by Crippen LogP contribution is 2.24. The molecule has 122 valence electrons. The van der Waals surface area contributed by atoms with Gasteiger partial charge < -0.3 is 14.0 Å². The lowest BCUT2D eigenvalue weighted by atomic mass is 10.2. The summed E-state index contributed by atoms with van der Waals surface area (Å²) in [6, 6.07) is -0.0711. The van der Waals surface area contributed by atoms with Crippen LogP contribution in [0, 0.1) is 0 Å². The van der Waals surface area contributed by atoms with Crippen molar-refractivity contribution in [2.45, 2.75) is 52.8 Å². The standard InChI is InChI=1S/C15H23N3O4/c1-6-21-13(19)11-7-16-12-9-17(8-10(2)18(11)12)14(20)22-15(3,4)5/h7,10H,6,8-9H2,1-5H3. The number of rotatable bonds is 2. The van der Waals surface area contributed by atoms with Crippen LogP contribution < -0.4 is 0 Å². The van der Waals surface area contributed by atoms with Crippen molar-refractivity contribution in [1.82, 2.24) is 14.5 Å². The average molecular weight is 309 g/mol. The first-order chi connectivity index (χ1) is 10.2. The molecule has 0 spiro atoms. The maximum absolute atomic E-state index is 12.2. The molecule has 0 aromatic carbocycles. The number of imidazole rings is 1. The lowest BCUT2D eigenvalue weighted by molar-refractivity contribution is 0.0167. The Balaban J connectivity index is 2.18. The van der Waals surface area contributed by atoms with Gasteiger partial charge in [0.1, 0.15) is 17.1 Å². The molecule has 1 aromatic heterocycles. The highest BCUT2D eigenvalue weighted by atomic mass is 16.6. The molecule has 1 aliphatic heterocycles. The van der Waals surface area contributed by atoms with Gasteiger partial charge in [-0.25, -0.2) is 14.6 Å². The quantitative estimate of drug-likeness (QED) is 0.784. The summed E-state index contributed by atoms with van der Waals surface area (Å²) in [6.07, 6.45) is 1.13. The van der Waals surface area contributed by atoms with Gasteiger partial charge in [0.15, 0.2) is 0 Å². The molecule has 1 amide bonds. The molecule has 0 saturated carbocycles. The zero-order chi connectivity index (χ0) is 16.5. The fraction of sp³-hybridized carbons (Fsp3) is 0.667. The molecule has 7 heteroatoms. The van der Waals surface area contributed by atoms with Crippen LogP contribution in [-0.2, 0) is 16.0 Å². The van der Waals surface area contributed by atoms with Crippen molar-refractivity contribution in [3.8, 4) is 0 Å². The van der Waals surface area contributed by atoms with Crippen LogP contribution in [0.2, 0.25) is 0 Å². The molecule has 22 heavy (non-hydrogen) atoms. The SMILES string of the molecule is CCOC(=O)c1cnc2n1C(C)CN(C(=O)OC(C)(C)C)C2. The first-order valence-electron chi connectivity index (χ1n) is 7.44. The summed E-state index contributed by atoms with van der Waals surface area (Å²) in [5, 5.41) is 0. The van der Waals surface area contributed by atoms with Crippen LogP contribution in [0.15, 0.2) is 6.20 Å². The number of ether oxygens (including phenoxy) is 2. The lowest BCUT2D eigenvalue weighted by Crippen LogP contribution is -2.43. The smallest absolute Gasteiger partial charge is 0.410 e. The highest BCUT2D eigenvalue weighted by molar-refractivity contribution is 5.87. The van der Waals surface area contributed by atoms with Gasteiger partial charge in [-0.15, -0.1) is 0 Å². The molecule has 0 radical (unpaired) electrons. The molecule has 0 fully saturated rings. The van der Waals surface area contributed by atoms with Crippen LogP contribution in [0.5, 0.6) is 0 Å². The summed E-state index contributed by atoms with van der Waals surface area (Å²) in [4.78, 5) is 30.0. The largest absolute Gasteiger partial charge is 0.461 e. The third-order valence-electron chi connectivity index (χ3n) is 3.27. The topological polar surface area (TPSA) is 73.7 Å². The number of carbonyl (C=O) groups is 2. The third-order valence-corrected chi connectivity index (χ3v) is 3.27. The van der Waals surface area contributed by atoms with Gasteiger partial charge in [-0.05, 0) is 34.6 Å². The molecule has 2 heterocycles. The monoisotopic (exact) mass is 309 g/mol. The van der Waals surface area contributed by atoms with Gasteiger partial charge in [-0.2, -0.15) is 0 Å². The predicted octanol–water partition coefficient (Wildman–Crippen LogP) is 2.37. The van der Waals surface area contributed by atoms with Crippen molar-refractivity contribution in [2.24, 2.45) is 0 Å². The Morgan fingerprint density at radius 1 is 1.41 bits per heavy atom. The second-order valence-electron chi connectivity index (χ2n) is 6.36. The number of nitrogens with zero attached hydrogens (tertiary/aromatic N) is 3. The van der Waals surface area contributed by atoms with E-state index in [2.05, 4.69) is 4.98 Å². The van der Waals surface area contributed by atoms with E-state index in [1.807, 2.05) is 32.3 Å². The van der Waals surface area contributed by atoms with Crippen molar-refractivity contribution in [3.63, 3.8) is 0 Å². The van der Waals surface area contributed by atoms with E-state index >= 15 is 0 Å². The number of aromatic nitrogens is 2. The Kier molecular flexibility index (Phi) is 4.44. The Morgan fingerprint density at radius 2 is 2.09 bits per heavy atom. The van der Waals surface area contributed by atoms with Gasteiger partial charge in [-0.3, -0.25) is 4.90 Å². The molecule has 0 N–H and O–H groups in total. The summed E-state index contributed by atoms with van der Waals surface area (Å²) in [5.41, 5.74) is -0.114. The molecule has 0 aliphatic carbocycles. The van der Waals surface area contributed by atoms with E-state index in [1.165, 1.54) is 6.20 Å². The molecule has 2 rings (SSSR count). The maximum atomic E-state index is 12.2. The molecule has 1 aliphatic rings. The maximum Gasteiger partial charge on any atom is 0.410 e. The van der Waals surface area contributed by atoms with Crippen LogP contribution >= 0.6 is 0 Å². The normalized spacial score (nSPS) is 17.9. The molecular weight excluding hydrogens is 286 g/mol. The van der Waals surface area contributed by atoms with Gasteiger partial charge in [-0.1, -0.05) is 0 Å². The van der Waals surface area contributed by atoms with Crippen molar-refractivity contribution in [1.29, 1.82) is 0 Å². The number of amides is 1. The summed E-state index contributed by atoms with van der Waals surface area (Å²) < 4.78 is 12.3. The fourth-order valence-electron chi connectivity index (χ4n) is 2.47. The molecule has 7 nitrogen and oxygen atoms in total. The summed E-state index contributed by atoms with van der Waals surface area (Å²) >= 11 is 0. The van der Waals surface area contributed by atoms with Crippen LogP contribution in [0.1, 0.15) is 57.0 Å². The van der Waals surface area contributed by atoms with Gasteiger partial charge >= 0.3 is 12.1 Å². The van der Waals surface area contributed by atoms with Gasteiger partial charge in [0.25, 0.3) is 0 Å². The number of esters is 1. The van der Waals surface area contributed by atoms with Crippen molar-refractivity contribution < 1.29 is 19.1 Å². The van der Waals surface area contributed by atoms with Crippen molar-refractivity contribution in [3.05, 3.63) is 17.7 Å². The molecule has 0 bridgehead atoms. The molecule has 1 unspecified atom stereocenters. The lowest BCUT2D eigenvalue weighted by Gasteiger charge is -2.34. The minimum absolute atomic E-state index is 0.0711. The van der Waals surface area contributed by atoms with Crippen LogP contribution in [0.4, 0.5) is 4.79 Å². The average Bonchev–Trinajstić information content (AvgIpc) is 2.81. The minimum Gasteiger partial charge on any atom is -0.461 e. The second-order valence-corrected chi connectivity index (χ2v) is 6.36. The minimum atomic E-state index is -0.538. The van der Waals surface area contributed by atoms with Crippen molar-refractivity contribution >= 4 is 12.1 Å². The summed E-state index contributed by atoms with van der Waals surface area (Å²) in [7, 11) is 0. The predicted molar refractivity (Wildman–Crippen MR) is 79.5 cm³/mol. The summed E-state index contributed by atoms with van der Waals surface area (Å²) in [5.74, 6) is 0.270. The zero-order valence-electron chi connectivity index (χ0n) is 13.8. The number of carbonyl (C=O) groups excluding carboxylic acids is 2. The molecule has 0 saturated heterocycles. The van der Waals surface area contributed by atoms with Gasteiger partial charge in [0.2, 0.25) is 0 Å². The van der Waals surface area contributed by atoms with E-state index in [0.717, 1.165) is 0 Å². The van der Waals surface area contributed by atoms with E-state index in [0.29, 0.717) is 31.2 Å². The number of fused-ring (bicyclic) bond motifs is 1. The molecule has 1 atom stereocenters. The van der Waals surface area contributed by atoms with Crippen LogP contribution in [-0.4, -0.2) is 45.3 Å². The molecule has 1 aromatic rings. The first-order valence-corrected chi connectivity index (χ1v) is 7.44. The van der Waals surface area contributed by atoms with E-state index in [4.69, 9.17) is 9.47 Å². The Labute approximate surface area is 130 Å². The highest BCUT2D eigenvalue weighted by Gasteiger charge is 2.32. The van der Waals surface area contributed by atoms with Crippen molar-refractivity contribution in [2.75, 3.05) is 13.2 Å². The van der Waals surface area contributed by atoms with E-state index in [1.54, 1.807) is 11.8 Å². The number of hydrogen-bond acceptors (Lipinski definition) is 5. The Morgan fingerprint density at radius 3 is 2.68 bits per heavy atom. The van der Waals surface area contributed by atoms with Crippen LogP contribution in [0.25, 0.3) is 0 Å². The Bertz CT molecular complexity index is 574. The zero-order valence-corrected chi connectivity index (χ0v) is 13.8. The summed E-state index contributed by atoms with van der Waals surface area (Å²) in [6.45, 7) is 10.3. The van der Waals surface area contributed by atoms with E-state index in [9.17, 15) is 9.59 Å².